The second-order valence-electron chi connectivity index (χ2n) is 16.4. The standard InChI is InChI=1S/C36H61N2O4/c1-6-13-33(40)42-34-31(38(5)20-11-8-12-21-38)23-29-27-15-14-26-22-32(41-25(2)39)30(37-18-9-7-10-19-37)24-36(26,4)28(27)16-17-35(29,34)3/h26-32,34H,6-24H2,1-5H3/q+1/t26?,27-,28+,29+,30?,31?,32?,34?,35+,36+/m1/s1. The summed E-state index contributed by atoms with van der Waals surface area (Å²) in [6.45, 7) is 13.6. The predicted molar refractivity (Wildman–Crippen MR) is 166 cm³/mol. The largest absolute Gasteiger partial charge is 0.461 e. The number of nitrogens with zero attached hydrogens (tertiary/aromatic N) is 2. The van der Waals surface area contributed by atoms with Crippen molar-refractivity contribution in [3.05, 3.63) is 0 Å². The minimum absolute atomic E-state index is 0.0314. The summed E-state index contributed by atoms with van der Waals surface area (Å²) >= 11 is 0. The minimum Gasteiger partial charge on any atom is -0.461 e. The van der Waals surface area contributed by atoms with Crippen LogP contribution in [0.4, 0.5) is 0 Å². The highest BCUT2D eigenvalue weighted by Crippen LogP contribution is 2.67. The molecule has 42 heavy (non-hydrogen) atoms. The van der Waals surface area contributed by atoms with E-state index in [2.05, 4.69) is 32.7 Å². The van der Waals surface area contributed by atoms with Gasteiger partial charge >= 0.3 is 11.9 Å². The van der Waals surface area contributed by atoms with E-state index in [9.17, 15) is 9.59 Å². The fourth-order valence-corrected chi connectivity index (χ4v) is 11.9. The molecule has 0 amide bonds. The quantitative estimate of drug-likeness (QED) is 0.255. The first kappa shape index (κ1) is 30.9. The second-order valence-corrected chi connectivity index (χ2v) is 16.4. The molecule has 6 rings (SSSR count). The Bertz CT molecular complexity index is 989. The van der Waals surface area contributed by atoms with Crippen LogP contribution in [0.25, 0.3) is 0 Å². The first-order chi connectivity index (χ1) is 20.1. The van der Waals surface area contributed by atoms with E-state index in [0.717, 1.165) is 36.3 Å². The number of hydrogen-bond acceptors (Lipinski definition) is 5. The number of carbonyl (C=O) groups is 2. The summed E-state index contributed by atoms with van der Waals surface area (Å²) in [6.07, 6.45) is 17.7. The number of hydrogen-bond donors (Lipinski definition) is 0. The number of quaternary nitrogens is 1. The van der Waals surface area contributed by atoms with Gasteiger partial charge in [-0.2, -0.15) is 0 Å². The molecule has 6 fully saturated rings. The maximum absolute atomic E-state index is 13.1. The lowest BCUT2D eigenvalue weighted by molar-refractivity contribution is -0.940. The monoisotopic (exact) mass is 585 g/mol. The third-order valence-corrected chi connectivity index (χ3v) is 14.1. The number of esters is 2. The van der Waals surface area contributed by atoms with Crippen LogP contribution in [0, 0.1) is 34.5 Å². The van der Waals surface area contributed by atoms with E-state index in [1.165, 1.54) is 90.1 Å². The number of fused-ring (bicyclic) bond motifs is 5. The fourth-order valence-electron chi connectivity index (χ4n) is 11.9. The fraction of sp³-hybridized carbons (Fsp3) is 0.944. The number of ether oxygens (including phenoxy) is 2. The molecule has 6 aliphatic rings. The molecule has 0 aromatic heterocycles. The van der Waals surface area contributed by atoms with Crippen molar-refractivity contribution in [1.29, 1.82) is 0 Å². The highest BCUT2D eigenvalue weighted by atomic mass is 16.5. The van der Waals surface area contributed by atoms with Crippen molar-refractivity contribution < 1.29 is 23.5 Å². The van der Waals surface area contributed by atoms with Crippen LogP contribution >= 0.6 is 0 Å². The molecule has 0 radical (unpaired) electrons. The van der Waals surface area contributed by atoms with E-state index >= 15 is 0 Å². The van der Waals surface area contributed by atoms with E-state index in [4.69, 9.17) is 9.47 Å². The molecule has 6 nitrogen and oxygen atoms in total. The van der Waals surface area contributed by atoms with E-state index < -0.39 is 0 Å². The zero-order chi connectivity index (χ0) is 29.7. The number of likely N-dealkylation sites (N-methyl/N-ethyl adjacent to an activating group) is 1. The molecular weight excluding hydrogens is 524 g/mol. The molecule has 10 atom stereocenters. The maximum Gasteiger partial charge on any atom is 0.306 e. The topological polar surface area (TPSA) is 55.8 Å². The lowest BCUT2D eigenvalue weighted by Crippen LogP contribution is -2.61. The van der Waals surface area contributed by atoms with Gasteiger partial charge in [0, 0.05) is 31.2 Å². The summed E-state index contributed by atoms with van der Waals surface area (Å²) in [5.74, 6) is 2.63. The Balaban J connectivity index is 1.29. The van der Waals surface area contributed by atoms with Crippen LogP contribution in [0.15, 0.2) is 0 Å². The van der Waals surface area contributed by atoms with Crippen LogP contribution in [0.1, 0.15) is 124 Å². The van der Waals surface area contributed by atoms with Crippen LogP contribution in [0.2, 0.25) is 0 Å². The number of likely N-dealkylation sites (tertiary alicyclic amines) is 2. The van der Waals surface area contributed by atoms with Crippen molar-refractivity contribution in [3.63, 3.8) is 0 Å². The molecule has 4 aliphatic carbocycles. The van der Waals surface area contributed by atoms with Crippen molar-refractivity contribution in [2.45, 2.75) is 148 Å². The van der Waals surface area contributed by atoms with E-state index in [1.54, 1.807) is 6.92 Å². The Labute approximate surface area is 256 Å². The van der Waals surface area contributed by atoms with Gasteiger partial charge in [0.2, 0.25) is 0 Å². The van der Waals surface area contributed by atoms with Gasteiger partial charge < -0.3 is 14.0 Å². The van der Waals surface area contributed by atoms with Crippen LogP contribution in [-0.2, 0) is 19.1 Å². The summed E-state index contributed by atoms with van der Waals surface area (Å²) in [5.41, 5.74) is 0.372. The van der Waals surface area contributed by atoms with Crippen LogP contribution in [0.3, 0.4) is 0 Å². The third-order valence-electron chi connectivity index (χ3n) is 14.1. The van der Waals surface area contributed by atoms with Gasteiger partial charge in [-0.1, -0.05) is 27.2 Å². The first-order valence-corrected chi connectivity index (χ1v) is 18.0. The summed E-state index contributed by atoms with van der Waals surface area (Å²) in [7, 11) is 2.49. The molecule has 0 N–H and O–H groups in total. The van der Waals surface area contributed by atoms with Crippen molar-refractivity contribution in [2.24, 2.45) is 34.5 Å². The number of rotatable bonds is 6. The van der Waals surface area contributed by atoms with Crippen molar-refractivity contribution in [1.82, 2.24) is 4.90 Å². The lowest BCUT2D eigenvalue weighted by Gasteiger charge is -2.62. The van der Waals surface area contributed by atoms with Gasteiger partial charge in [-0.05, 0) is 119 Å². The summed E-state index contributed by atoms with van der Waals surface area (Å²) in [4.78, 5) is 28.0. The molecule has 5 unspecified atom stereocenters. The molecule has 2 heterocycles. The lowest BCUT2D eigenvalue weighted by atomic mass is 9.44. The highest BCUT2D eigenvalue weighted by Gasteiger charge is 2.67. The zero-order valence-electron chi connectivity index (χ0n) is 27.6. The van der Waals surface area contributed by atoms with Crippen molar-refractivity contribution in [3.8, 4) is 0 Å². The Hall–Kier alpha value is -1.14. The molecule has 0 bridgehead atoms. The van der Waals surface area contributed by atoms with Crippen LogP contribution in [-0.4, -0.2) is 78.8 Å². The second kappa shape index (κ2) is 12.0. The smallest absolute Gasteiger partial charge is 0.306 e. The van der Waals surface area contributed by atoms with Gasteiger partial charge in [0.25, 0.3) is 0 Å². The molecule has 0 aromatic carbocycles. The Kier molecular flexibility index (Phi) is 8.81. The molecular formula is C36H61N2O4+. The van der Waals surface area contributed by atoms with Crippen LogP contribution < -0.4 is 0 Å². The molecule has 238 valence electrons. The molecule has 4 saturated carbocycles. The normalized spacial score (nSPS) is 45.3. The summed E-state index contributed by atoms with van der Waals surface area (Å²) < 4.78 is 13.8. The van der Waals surface area contributed by atoms with Gasteiger partial charge in [0.15, 0.2) is 6.10 Å². The molecule has 2 aliphatic heterocycles. The SMILES string of the molecule is CCCC(=O)OC1C([N+]2(C)CCCCC2)C[C@H]2[C@@H]3CCC4CC(OC(C)=O)C(N5CCCCC5)C[C@]4(C)[C@H]3CC[C@]12C. The maximum atomic E-state index is 13.1. The van der Waals surface area contributed by atoms with Crippen molar-refractivity contribution in [2.75, 3.05) is 33.2 Å². The Morgan fingerprint density at radius 2 is 1.60 bits per heavy atom. The van der Waals surface area contributed by atoms with E-state index in [1.807, 2.05) is 0 Å². The van der Waals surface area contributed by atoms with Crippen LogP contribution in [0.5, 0.6) is 0 Å². The molecule has 6 heteroatoms. The number of carbonyl (C=O) groups excluding carboxylic acids is 2. The van der Waals surface area contributed by atoms with Gasteiger partial charge in [0.1, 0.15) is 12.1 Å². The average Bonchev–Trinajstić information content (AvgIpc) is 3.26. The summed E-state index contributed by atoms with van der Waals surface area (Å²) in [6, 6.07) is 0.797. The average molecular weight is 586 g/mol. The van der Waals surface area contributed by atoms with Gasteiger partial charge in [-0.3, -0.25) is 14.5 Å². The third kappa shape index (κ3) is 5.37. The summed E-state index contributed by atoms with van der Waals surface area (Å²) in [5, 5.41) is 0. The number of piperidine rings is 2. The van der Waals surface area contributed by atoms with Gasteiger partial charge in [-0.25, -0.2) is 0 Å². The van der Waals surface area contributed by atoms with Crippen molar-refractivity contribution >= 4 is 11.9 Å². The highest BCUT2D eigenvalue weighted by molar-refractivity contribution is 5.69. The van der Waals surface area contributed by atoms with Gasteiger partial charge in [-0.15, -0.1) is 0 Å². The molecule has 0 spiro atoms. The van der Waals surface area contributed by atoms with E-state index in [-0.39, 0.29) is 29.6 Å². The van der Waals surface area contributed by atoms with Gasteiger partial charge in [0.05, 0.1) is 20.1 Å². The zero-order valence-corrected chi connectivity index (χ0v) is 27.6. The van der Waals surface area contributed by atoms with E-state index in [0.29, 0.717) is 41.7 Å². The first-order valence-electron chi connectivity index (χ1n) is 18.0. The molecule has 0 aromatic rings. The minimum atomic E-state index is -0.109. The Morgan fingerprint density at radius 3 is 2.29 bits per heavy atom. The predicted octanol–water partition coefficient (Wildman–Crippen LogP) is 6.75. The molecule has 2 saturated heterocycles. The Morgan fingerprint density at radius 1 is 0.881 bits per heavy atom.